The van der Waals surface area contributed by atoms with Gasteiger partial charge < -0.3 is 10.6 Å². The molecule has 0 fully saturated rings. The zero-order chi connectivity index (χ0) is 12.4. The highest BCUT2D eigenvalue weighted by Gasteiger charge is 2.24. The molecule has 4 heteroatoms. The molecule has 0 radical (unpaired) electrons. The van der Waals surface area contributed by atoms with Gasteiger partial charge in [-0.05, 0) is 30.5 Å². The van der Waals surface area contributed by atoms with Gasteiger partial charge in [-0.2, -0.15) is 0 Å². The maximum Gasteiger partial charge on any atom is 0.237 e. The van der Waals surface area contributed by atoms with E-state index in [2.05, 4.69) is 13.8 Å². The average molecular weight is 250 g/mol. The van der Waals surface area contributed by atoms with Gasteiger partial charge in [-0.1, -0.05) is 13.8 Å². The molecule has 0 atom stereocenters. The molecular weight excluding hydrogens is 232 g/mol. The van der Waals surface area contributed by atoms with Gasteiger partial charge in [0.05, 0.1) is 11.4 Å². The predicted molar refractivity (Wildman–Crippen MR) is 73.4 cm³/mol. The molecule has 2 N–H and O–H groups in total. The van der Waals surface area contributed by atoms with Gasteiger partial charge in [-0.3, -0.25) is 4.79 Å². The van der Waals surface area contributed by atoms with Gasteiger partial charge in [0, 0.05) is 17.1 Å². The summed E-state index contributed by atoms with van der Waals surface area (Å²) in [6, 6.07) is 5.77. The second-order valence-electron chi connectivity index (χ2n) is 4.74. The summed E-state index contributed by atoms with van der Waals surface area (Å²) in [5.41, 5.74) is 7.54. The lowest BCUT2D eigenvalue weighted by atomic mass is 10.1. The van der Waals surface area contributed by atoms with Crippen molar-refractivity contribution >= 4 is 29.0 Å². The Morgan fingerprint density at radius 2 is 2.24 bits per heavy atom. The standard InChI is InChI=1S/C13H18N2OS/c1-9(2)5-6-15-11-4-3-10(14)7-12(11)17-8-13(15)16/h3-4,7,9H,5-6,8,14H2,1-2H3. The van der Waals surface area contributed by atoms with E-state index in [0.717, 1.165) is 29.2 Å². The van der Waals surface area contributed by atoms with Gasteiger partial charge >= 0.3 is 0 Å². The summed E-state index contributed by atoms with van der Waals surface area (Å²) in [5.74, 6) is 1.33. The van der Waals surface area contributed by atoms with Crippen molar-refractivity contribution in [2.45, 2.75) is 25.2 Å². The molecule has 0 saturated carbocycles. The van der Waals surface area contributed by atoms with Crippen molar-refractivity contribution < 1.29 is 4.79 Å². The first kappa shape index (κ1) is 12.3. The third-order valence-electron chi connectivity index (χ3n) is 2.86. The van der Waals surface area contributed by atoms with E-state index in [9.17, 15) is 4.79 Å². The fourth-order valence-electron chi connectivity index (χ4n) is 1.85. The van der Waals surface area contributed by atoms with Gasteiger partial charge in [-0.15, -0.1) is 11.8 Å². The minimum atomic E-state index is 0.202. The number of hydrogen-bond donors (Lipinski definition) is 1. The van der Waals surface area contributed by atoms with Crippen LogP contribution in [0.3, 0.4) is 0 Å². The molecule has 1 aliphatic heterocycles. The fraction of sp³-hybridized carbons (Fsp3) is 0.462. The zero-order valence-electron chi connectivity index (χ0n) is 10.3. The first-order valence-electron chi connectivity index (χ1n) is 5.90. The Hall–Kier alpha value is -1.16. The first-order chi connectivity index (χ1) is 8.08. The maximum atomic E-state index is 11.9. The Bertz CT molecular complexity index is 431. The van der Waals surface area contributed by atoms with E-state index in [4.69, 9.17) is 5.73 Å². The van der Waals surface area contributed by atoms with E-state index in [1.807, 2.05) is 23.1 Å². The van der Waals surface area contributed by atoms with Crippen LogP contribution >= 0.6 is 11.8 Å². The van der Waals surface area contributed by atoms with Crippen molar-refractivity contribution in [3.05, 3.63) is 18.2 Å². The van der Waals surface area contributed by atoms with E-state index in [0.29, 0.717) is 11.7 Å². The SMILES string of the molecule is CC(C)CCN1C(=O)CSc2cc(N)ccc21. The molecular formula is C13H18N2OS. The molecule has 0 aromatic heterocycles. The number of thioether (sulfide) groups is 1. The summed E-state index contributed by atoms with van der Waals surface area (Å²) >= 11 is 1.58. The average Bonchev–Trinajstić information content (AvgIpc) is 2.27. The molecule has 0 aliphatic carbocycles. The Balaban J connectivity index is 2.24. The van der Waals surface area contributed by atoms with E-state index in [1.165, 1.54) is 0 Å². The van der Waals surface area contributed by atoms with E-state index in [-0.39, 0.29) is 5.91 Å². The lowest BCUT2D eigenvalue weighted by molar-refractivity contribution is -0.116. The molecule has 0 saturated heterocycles. The van der Waals surface area contributed by atoms with Crippen molar-refractivity contribution in [2.75, 3.05) is 22.9 Å². The first-order valence-corrected chi connectivity index (χ1v) is 6.89. The van der Waals surface area contributed by atoms with E-state index >= 15 is 0 Å². The van der Waals surface area contributed by atoms with Crippen LogP contribution in [0.25, 0.3) is 0 Å². The molecule has 1 heterocycles. The summed E-state index contributed by atoms with van der Waals surface area (Å²) in [6.45, 7) is 5.15. The van der Waals surface area contributed by atoms with Crippen LogP contribution in [-0.2, 0) is 4.79 Å². The number of nitrogens with zero attached hydrogens (tertiary/aromatic N) is 1. The van der Waals surface area contributed by atoms with E-state index in [1.54, 1.807) is 11.8 Å². The van der Waals surface area contributed by atoms with Gasteiger partial charge in [-0.25, -0.2) is 0 Å². The number of fused-ring (bicyclic) bond motifs is 1. The van der Waals surface area contributed by atoms with Crippen LogP contribution in [0, 0.1) is 5.92 Å². The number of carbonyl (C=O) groups is 1. The van der Waals surface area contributed by atoms with Crippen LogP contribution in [0.4, 0.5) is 11.4 Å². The minimum absolute atomic E-state index is 0.202. The molecule has 1 aromatic carbocycles. The number of hydrogen-bond acceptors (Lipinski definition) is 3. The van der Waals surface area contributed by atoms with Gasteiger partial charge in [0.1, 0.15) is 0 Å². The quantitative estimate of drug-likeness (QED) is 0.839. The molecule has 1 amide bonds. The number of rotatable bonds is 3. The summed E-state index contributed by atoms with van der Waals surface area (Å²) in [7, 11) is 0. The number of nitrogens with two attached hydrogens (primary N) is 1. The molecule has 17 heavy (non-hydrogen) atoms. The third-order valence-corrected chi connectivity index (χ3v) is 3.89. The van der Waals surface area contributed by atoms with Crippen molar-refractivity contribution in [1.29, 1.82) is 0 Å². The lowest BCUT2D eigenvalue weighted by Crippen LogP contribution is -2.36. The Morgan fingerprint density at radius 1 is 1.47 bits per heavy atom. The van der Waals surface area contributed by atoms with Gasteiger partial charge in [0.2, 0.25) is 5.91 Å². The number of carbonyl (C=O) groups excluding carboxylic acids is 1. The van der Waals surface area contributed by atoms with E-state index < -0.39 is 0 Å². The predicted octanol–water partition coefficient (Wildman–Crippen LogP) is 2.75. The summed E-state index contributed by atoms with van der Waals surface area (Å²) in [5, 5.41) is 0. The Morgan fingerprint density at radius 3 is 2.94 bits per heavy atom. The Kier molecular flexibility index (Phi) is 3.62. The fourth-order valence-corrected chi connectivity index (χ4v) is 2.83. The van der Waals surface area contributed by atoms with Crippen molar-refractivity contribution in [2.24, 2.45) is 5.92 Å². The van der Waals surface area contributed by atoms with Crippen LogP contribution in [0.15, 0.2) is 23.1 Å². The van der Waals surface area contributed by atoms with Crippen molar-refractivity contribution in [3.8, 4) is 0 Å². The van der Waals surface area contributed by atoms with Crippen LogP contribution in [-0.4, -0.2) is 18.2 Å². The number of amides is 1. The number of anilines is 2. The summed E-state index contributed by atoms with van der Waals surface area (Å²) in [6.07, 6.45) is 1.03. The van der Waals surface area contributed by atoms with Crippen LogP contribution in [0.2, 0.25) is 0 Å². The van der Waals surface area contributed by atoms with Gasteiger partial charge in [0.25, 0.3) is 0 Å². The van der Waals surface area contributed by atoms with Crippen molar-refractivity contribution in [1.82, 2.24) is 0 Å². The zero-order valence-corrected chi connectivity index (χ0v) is 11.1. The molecule has 0 bridgehead atoms. The van der Waals surface area contributed by atoms with Crippen molar-refractivity contribution in [3.63, 3.8) is 0 Å². The molecule has 92 valence electrons. The van der Waals surface area contributed by atoms with Crippen LogP contribution < -0.4 is 10.6 Å². The summed E-state index contributed by atoms with van der Waals surface area (Å²) < 4.78 is 0. The minimum Gasteiger partial charge on any atom is -0.399 e. The second-order valence-corrected chi connectivity index (χ2v) is 5.76. The molecule has 1 aromatic rings. The third kappa shape index (κ3) is 2.75. The number of nitrogen functional groups attached to an aromatic ring is 1. The normalized spacial score (nSPS) is 15.2. The lowest BCUT2D eigenvalue weighted by Gasteiger charge is -2.29. The highest BCUT2D eigenvalue weighted by molar-refractivity contribution is 8.00. The van der Waals surface area contributed by atoms with Crippen LogP contribution in [0.5, 0.6) is 0 Å². The highest BCUT2D eigenvalue weighted by Crippen LogP contribution is 2.36. The highest BCUT2D eigenvalue weighted by atomic mass is 32.2. The molecule has 0 unspecified atom stereocenters. The topological polar surface area (TPSA) is 46.3 Å². The second kappa shape index (κ2) is 5.00. The summed E-state index contributed by atoms with van der Waals surface area (Å²) in [4.78, 5) is 14.9. The molecule has 0 spiro atoms. The molecule has 3 nitrogen and oxygen atoms in total. The number of benzene rings is 1. The van der Waals surface area contributed by atoms with Crippen LogP contribution in [0.1, 0.15) is 20.3 Å². The maximum absolute atomic E-state index is 11.9. The monoisotopic (exact) mass is 250 g/mol. The molecule has 1 aliphatic rings. The molecule has 2 rings (SSSR count). The largest absolute Gasteiger partial charge is 0.399 e. The smallest absolute Gasteiger partial charge is 0.237 e. The van der Waals surface area contributed by atoms with Gasteiger partial charge in [0.15, 0.2) is 0 Å². The Labute approximate surface area is 106 Å².